The van der Waals surface area contributed by atoms with Crippen molar-refractivity contribution < 1.29 is 19.4 Å². The molecule has 0 heterocycles. The van der Waals surface area contributed by atoms with Crippen molar-refractivity contribution in [2.45, 2.75) is 18.2 Å². The van der Waals surface area contributed by atoms with Gasteiger partial charge in [-0.1, -0.05) is 18.5 Å². The number of thioether (sulfide) groups is 1. The molecule has 1 aromatic carbocycles. The molecule has 0 aliphatic heterocycles. The Bertz CT molecular complexity index is 540. The molecule has 0 saturated carbocycles. The summed E-state index contributed by atoms with van der Waals surface area (Å²) in [6.45, 7) is 2.04. The number of carbonyl (C=O) groups is 2. The van der Waals surface area contributed by atoms with E-state index in [1.54, 1.807) is 18.2 Å². The second-order valence-electron chi connectivity index (χ2n) is 3.87. The Morgan fingerprint density at radius 3 is 2.75 bits per heavy atom. The smallest absolute Gasteiger partial charge is 0.378 e. The third-order valence-corrected chi connectivity index (χ3v) is 3.85. The van der Waals surface area contributed by atoms with E-state index in [1.165, 1.54) is 11.8 Å². The standard InChI is InChI=1S/C14H15ClO4S/c1-3-6-20-13-5-4-9(15)7-10(13)11(16)8-12(17)14(18)19-2/h4-5,7-8,16H,3,6H2,1-2H3/b11-8-. The number of ketones is 1. The highest BCUT2D eigenvalue weighted by molar-refractivity contribution is 7.99. The predicted molar refractivity (Wildman–Crippen MR) is 80.1 cm³/mol. The van der Waals surface area contributed by atoms with Crippen LogP contribution >= 0.6 is 23.4 Å². The molecule has 1 aromatic rings. The Kier molecular flexibility index (Phi) is 6.61. The van der Waals surface area contributed by atoms with Crippen LogP contribution < -0.4 is 0 Å². The second kappa shape index (κ2) is 7.97. The van der Waals surface area contributed by atoms with Gasteiger partial charge in [-0.25, -0.2) is 4.79 Å². The second-order valence-corrected chi connectivity index (χ2v) is 5.45. The van der Waals surface area contributed by atoms with Crippen molar-refractivity contribution >= 4 is 40.9 Å². The first-order valence-electron chi connectivity index (χ1n) is 5.95. The molecule has 0 aliphatic rings. The lowest BCUT2D eigenvalue weighted by molar-refractivity contribution is -0.149. The van der Waals surface area contributed by atoms with Gasteiger partial charge in [0.15, 0.2) is 0 Å². The van der Waals surface area contributed by atoms with Gasteiger partial charge in [0.25, 0.3) is 5.78 Å². The highest BCUT2D eigenvalue weighted by Crippen LogP contribution is 2.30. The van der Waals surface area contributed by atoms with E-state index in [1.807, 2.05) is 6.92 Å². The summed E-state index contributed by atoms with van der Waals surface area (Å²) >= 11 is 7.44. The van der Waals surface area contributed by atoms with Crippen LogP contribution in [0.4, 0.5) is 0 Å². The van der Waals surface area contributed by atoms with Gasteiger partial charge in [-0.15, -0.1) is 11.8 Å². The van der Waals surface area contributed by atoms with Crippen LogP contribution in [0, 0.1) is 0 Å². The van der Waals surface area contributed by atoms with Crippen LogP contribution in [0.2, 0.25) is 5.02 Å². The van der Waals surface area contributed by atoms with E-state index < -0.39 is 11.8 Å². The largest absolute Gasteiger partial charge is 0.507 e. The van der Waals surface area contributed by atoms with Gasteiger partial charge in [0, 0.05) is 21.6 Å². The fraction of sp³-hybridized carbons (Fsp3) is 0.286. The third kappa shape index (κ3) is 4.58. The molecule has 0 atom stereocenters. The van der Waals surface area contributed by atoms with Gasteiger partial charge in [0.05, 0.1) is 7.11 Å². The fourth-order valence-electron chi connectivity index (χ4n) is 1.40. The highest BCUT2D eigenvalue weighted by Gasteiger charge is 2.15. The van der Waals surface area contributed by atoms with E-state index in [9.17, 15) is 14.7 Å². The summed E-state index contributed by atoms with van der Waals surface area (Å²) in [4.78, 5) is 23.3. The van der Waals surface area contributed by atoms with Crippen LogP contribution in [0.15, 0.2) is 29.2 Å². The maximum Gasteiger partial charge on any atom is 0.378 e. The van der Waals surface area contributed by atoms with Gasteiger partial charge in [0.1, 0.15) is 5.76 Å². The average molecular weight is 315 g/mol. The number of rotatable bonds is 6. The van der Waals surface area contributed by atoms with E-state index >= 15 is 0 Å². The minimum atomic E-state index is -1.03. The van der Waals surface area contributed by atoms with Crippen LogP contribution in [0.1, 0.15) is 18.9 Å². The zero-order chi connectivity index (χ0) is 15.1. The SMILES string of the molecule is CCCSc1ccc(Cl)cc1/C(O)=C/C(=O)C(=O)OC. The molecule has 0 aliphatic carbocycles. The number of halogens is 1. The molecule has 0 saturated heterocycles. The lowest BCUT2D eigenvalue weighted by Crippen LogP contribution is -2.13. The first-order valence-corrected chi connectivity index (χ1v) is 7.31. The molecule has 0 unspecified atom stereocenters. The number of aliphatic hydroxyl groups excluding tert-OH is 1. The minimum absolute atomic E-state index is 0.304. The zero-order valence-electron chi connectivity index (χ0n) is 11.2. The van der Waals surface area contributed by atoms with Gasteiger partial charge in [-0.05, 0) is 30.4 Å². The van der Waals surface area contributed by atoms with E-state index in [-0.39, 0.29) is 5.76 Å². The number of aliphatic hydroxyl groups is 1. The Morgan fingerprint density at radius 1 is 1.45 bits per heavy atom. The van der Waals surface area contributed by atoms with E-state index in [0.29, 0.717) is 10.6 Å². The maximum absolute atomic E-state index is 11.4. The summed E-state index contributed by atoms with van der Waals surface area (Å²) < 4.78 is 4.29. The topological polar surface area (TPSA) is 63.6 Å². The summed E-state index contributed by atoms with van der Waals surface area (Å²) in [6, 6.07) is 5.03. The highest BCUT2D eigenvalue weighted by atomic mass is 35.5. The van der Waals surface area contributed by atoms with Gasteiger partial charge in [0.2, 0.25) is 0 Å². The molecular weight excluding hydrogens is 300 g/mol. The molecule has 0 radical (unpaired) electrons. The predicted octanol–water partition coefficient (Wildman–Crippen LogP) is 3.48. The average Bonchev–Trinajstić information content (AvgIpc) is 2.44. The normalized spacial score (nSPS) is 11.2. The molecule has 6 heteroatoms. The Hall–Kier alpha value is -1.46. The van der Waals surface area contributed by atoms with E-state index in [0.717, 1.165) is 30.3 Å². The number of methoxy groups -OCH3 is 1. The van der Waals surface area contributed by atoms with Gasteiger partial charge in [-0.3, -0.25) is 4.79 Å². The number of hydrogen-bond donors (Lipinski definition) is 1. The molecule has 20 heavy (non-hydrogen) atoms. The molecular formula is C14H15ClO4S. The number of esters is 1. The number of carbonyl (C=O) groups excluding carboxylic acids is 2. The number of ether oxygens (including phenoxy) is 1. The molecule has 0 fully saturated rings. The van der Waals surface area contributed by atoms with Crippen molar-refractivity contribution in [2.24, 2.45) is 0 Å². The van der Waals surface area contributed by atoms with Crippen LogP contribution in [0.3, 0.4) is 0 Å². The zero-order valence-corrected chi connectivity index (χ0v) is 12.8. The number of benzene rings is 1. The van der Waals surface area contributed by atoms with Crippen molar-refractivity contribution in [2.75, 3.05) is 12.9 Å². The lowest BCUT2D eigenvalue weighted by Gasteiger charge is -2.08. The molecule has 0 spiro atoms. The Morgan fingerprint density at radius 2 is 2.15 bits per heavy atom. The van der Waals surface area contributed by atoms with Crippen LogP contribution in [-0.2, 0) is 14.3 Å². The first-order chi connectivity index (χ1) is 9.49. The Balaban J connectivity index is 3.09. The molecule has 0 bridgehead atoms. The van der Waals surface area contributed by atoms with Crippen LogP contribution in [-0.4, -0.2) is 29.7 Å². The quantitative estimate of drug-likeness (QED) is 0.286. The Labute approximate surface area is 126 Å². The molecule has 1 rings (SSSR count). The van der Waals surface area contributed by atoms with Gasteiger partial charge >= 0.3 is 5.97 Å². The summed E-state index contributed by atoms with van der Waals surface area (Å²) in [5.74, 6) is -1.38. The molecule has 0 amide bonds. The number of hydrogen-bond acceptors (Lipinski definition) is 5. The first kappa shape index (κ1) is 16.6. The van der Waals surface area contributed by atoms with Crippen LogP contribution in [0.25, 0.3) is 5.76 Å². The minimum Gasteiger partial charge on any atom is -0.507 e. The van der Waals surface area contributed by atoms with E-state index in [2.05, 4.69) is 4.74 Å². The van der Waals surface area contributed by atoms with Gasteiger partial charge < -0.3 is 9.84 Å². The van der Waals surface area contributed by atoms with Crippen molar-refractivity contribution in [3.05, 3.63) is 34.9 Å². The molecule has 0 aromatic heterocycles. The fourth-order valence-corrected chi connectivity index (χ4v) is 2.48. The summed E-state index contributed by atoms with van der Waals surface area (Å²) in [5, 5.41) is 10.4. The lowest BCUT2D eigenvalue weighted by atomic mass is 10.1. The van der Waals surface area contributed by atoms with Crippen molar-refractivity contribution in [3.63, 3.8) is 0 Å². The third-order valence-electron chi connectivity index (χ3n) is 2.33. The molecule has 108 valence electrons. The summed E-state index contributed by atoms with van der Waals surface area (Å²) in [6.07, 6.45) is 1.81. The monoisotopic (exact) mass is 314 g/mol. The van der Waals surface area contributed by atoms with Gasteiger partial charge in [-0.2, -0.15) is 0 Å². The molecule has 4 nitrogen and oxygen atoms in total. The van der Waals surface area contributed by atoms with Crippen LogP contribution in [0.5, 0.6) is 0 Å². The van der Waals surface area contributed by atoms with Crippen molar-refractivity contribution in [1.82, 2.24) is 0 Å². The van der Waals surface area contributed by atoms with Crippen molar-refractivity contribution in [1.29, 1.82) is 0 Å². The summed E-state index contributed by atoms with van der Waals surface area (Å²) in [5.41, 5.74) is 0.424. The maximum atomic E-state index is 11.4. The summed E-state index contributed by atoms with van der Waals surface area (Å²) in [7, 11) is 1.10. The molecule has 1 N–H and O–H groups in total. The van der Waals surface area contributed by atoms with Crippen molar-refractivity contribution in [3.8, 4) is 0 Å². The van der Waals surface area contributed by atoms with E-state index in [4.69, 9.17) is 11.6 Å².